The number of urea groups is 1. The molecule has 0 bridgehead atoms. The molecule has 6 nitrogen and oxygen atoms in total. The van der Waals surface area contributed by atoms with E-state index in [4.69, 9.17) is 0 Å². The highest BCUT2D eigenvalue weighted by Crippen LogP contribution is 2.30. The van der Waals surface area contributed by atoms with Gasteiger partial charge in [-0.1, -0.05) is 12.1 Å². The van der Waals surface area contributed by atoms with E-state index in [1.807, 2.05) is 16.5 Å². The summed E-state index contributed by atoms with van der Waals surface area (Å²) < 4.78 is 1.89. The molecule has 1 saturated heterocycles. The molecule has 1 aromatic carbocycles. The number of nitrogens with zero attached hydrogens (tertiary/aromatic N) is 4. The number of rotatable bonds is 4. The van der Waals surface area contributed by atoms with Crippen LogP contribution in [0, 0.1) is 6.92 Å². The Balaban J connectivity index is 1.64. The number of nitrogens with one attached hydrogen (secondary N) is 1. The summed E-state index contributed by atoms with van der Waals surface area (Å²) in [5.41, 5.74) is 2.36. The quantitative estimate of drug-likeness (QED) is 0.866. The minimum atomic E-state index is -0.0351. The summed E-state index contributed by atoms with van der Waals surface area (Å²) in [6.45, 7) is 3.39. The van der Waals surface area contributed by atoms with Gasteiger partial charge in [0.2, 0.25) is 0 Å². The summed E-state index contributed by atoms with van der Waals surface area (Å²) in [6.07, 6.45) is 5.68. The Bertz CT molecular complexity index is 730. The molecule has 0 unspecified atom stereocenters. The molecule has 0 radical (unpaired) electrons. The van der Waals surface area contributed by atoms with E-state index in [0.717, 1.165) is 30.8 Å². The summed E-state index contributed by atoms with van der Waals surface area (Å²) in [5, 5.41) is 11.1. The first-order chi connectivity index (χ1) is 11.6. The Hall–Kier alpha value is -2.02. The monoisotopic (exact) mass is 345 g/mol. The van der Waals surface area contributed by atoms with E-state index in [-0.39, 0.29) is 12.1 Å². The van der Waals surface area contributed by atoms with Crippen molar-refractivity contribution < 1.29 is 4.79 Å². The Morgan fingerprint density at radius 2 is 2.29 bits per heavy atom. The van der Waals surface area contributed by atoms with Crippen LogP contribution in [-0.2, 0) is 13.6 Å². The number of benzene rings is 1. The van der Waals surface area contributed by atoms with E-state index in [1.165, 1.54) is 10.5 Å². The van der Waals surface area contributed by atoms with E-state index in [9.17, 15) is 4.79 Å². The van der Waals surface area contributed by atoms with Gasteiger partial charge in [0.1, 0.15) is 6.33 Å². The molecule has 1 aliphatic rings. The molecule has 0 aliphatic carbocycles. The van der Waals surface area contributed by atoms with Crippen LogP contribution < -0.4 is 5.32 Å². The largest absolute Gasteiger partial charge is 0.334 e. The molecule has 7 heteroatoms. The van der Waals surface area contributed by atoms with Crippen molar-refractivity contribution >= 4 is 17.8 Å². The first kappa shape index (κ1) is 16.8. The van der Waals surface area contributed by atoms with Gasteiger partial charge in [-0.05, 0) is 43.2 Å². The predicted molar refractivity (Wildman–Crippen MR) is 94.9 cm³/mol. The average Bonchev–Trinajstić information content (AvgIpc) is 3.21. The summed E-state index contributed by atoms with van der Waals surface area (Å²) in [6, 6.07) is 6.30. The summed E-state index contributed by atoms with van der Waals surface area (Å²) >= 11 is 1.74. The minimum absolute atomic E-state index is 0.0121. The molecule has 2 amide bonds. The molecule has 3 rings (SSSR count). The van der Waals surface area contributed by atoms with Crippen molar-refractivity contribution in [1.82, 2.24) is 25.0 Å². The molecule has 0 spiro atoms. The smallest absolute Gasteiger partial charge is 0.318 e. The molecule has 2 heterocycles. The van der Waals surface area contributed by atoms with Crippen molar-refractivity contribution in [3.05, 3.63) is 41.5 Å². The molecular formula is C17H23N5OS. The van der Waals surface area contributed by atoms with Crippen LogP contribution in [0.1, 0.15) is 35.8 Å². The van der Waals surface area contributed by atoms with Crippen LogP contribution in [0.4, 0.5) is 4.79 Å². The average molecular weight is 345 g/mol. The molecule has 2 aromatic rings. The SMILES string of the molecule is CSc1ccc(CNC(=O)N2CCC[C@H]2c2nncn2C)cc1C. The van der Waals surface area contributed by atoms with Crippen LogP contribution in [0.15, 0.2) is 29.4 Å². The van der Waals surface area contributed by atoms with Gasteiger partial charge in [-0.25, -0.2) is 4.79 Å². The van der Waals surface area contributed by atoms with Crippen molar-refractivity contribution in [2.24, 2.45) is 7.05 Å². The lowest BCUT2D eigenvalue weighted by molar-refractivity contribution is 0.189. The topological polar surface area (TPSA) is 63.1 Å². The minimum Gasteiger partial charge on any atom is -0.334 e. The molecule has 1 atom stereocenters. The van der Waals surface area contributed by atoms with Crippen molar-refractivity contribution in [1.29, 1.82) is 0 Å². The number of likely N-dealkylation sites (tertiary alicyclic amines) is 1. The number of hydrogen-bond donors (Lipinski definition) is 1. The van der Waals surface area contributed by atoms with Gasteiger partial charge in [0.05, 0.1) is 6.04 Å². The van der Waals surface area contributed by atoms with E-state index >= 15 is 0 Å². The molecule has 0 saturated carbocycles. The summed E-state index contributed by atoms with van der Waals surface area (Å²) in [5.74, 6) is 0.850. The van der Waals surface area contributed by atoms with Crippen molar-refractivity contribution in [2.45, 2.75) is 37.2 Å². The third kappa shape index (κ3) is 3.40. The first-order valence-electron chi connectivity index (χ1n) is 8.12. The zero-order valence-electron chi connectivity index (χ0n) is 14.3. The van der Waals surface area contributed by atoms with Gasteiger partial charge in [-0.2, -0.15) is 0 Å². The first-order valence-corrected chi connectivity index (χ1v) is 9.34. The molecule has 1 aliphatic heterocycles. The number of hydrogen-bond acceptors (Lipinski definition) is 4. The number of aryl methyl sites for hydroxylation is 2. The zero-order valence-corrected chi connectivity index (χ0v) is 15.1. The zero-order chi connectivity index (χ0) is 17.1. The highest BCUT2D eigenvalue weighted by molar-refractivity contribution is 7.98. The van der Waals surface area contributed by atoms with Crippen molar-refractivity contribution in [3.8, 4) is 0 Å². The van der Waals surface area contributed by atoms with Crippen LogP contribution in [0.25, 0.3) is 0 Å². The molecule has 128 valence electrons. The van der Waals surface area contributed by atoms with Gasteiger partial charge in [0.25, 0.3) is 0 Å². The fraction of sp³-hybridized carbons (Fsp3) is 0.471. The van der Waals surface area contributed by atoms with E-state index in [0.29, 0.717) is 6.54 Å². The second-order valence-corrected chi connectivity index (χ2v) is 6.96. The second kappa shape index (κ2) is 7.25. The molecule has 24 heavy (non-hydrogen) atoms. The fourth-order valence-electron chi connectivity index (χ4n) is 3.20. The Morgan fingerprint density at radius 1 is 1.46 bits per heavy atom. The summed E-state index contributed by atoms with van der Waals surface area (Å²) in [4.78, 5) is 15.7. The molecule has 1 aromatic heterocycles. The van der Waals surface area contributed by atoms with Crippen molar-refractivity contribution in [3.63, 3.8) is 0 Å². The Morgan fingerprint density at radius 3 is 2.96 bits per heavy atom. The van der Waals surface area contributed by atoms with E-state index < -0.39 is 0 Å². The number of carbonyl (C=O) groups is 1. The maximum absolute atomic E-state index is 12.6. The maximum Gasteiger partial charge on any atom is 0.318 e. The number of carbonyl (C=O) groups excluding carboxylic acids is 1. The van der Waals surface area contributed by atoms with Crippen molar-refractivity contribution in [2.75, 3.05) is 12.8 Å². The third-order valence-corrected chi connectivity index (χ3v) is 5.36. The van der Waals surface area contributed by atoms with Gasteiger partial charge in [-0.15, -0.1) is 22.0 Å². The lowest BCUT2D eigenvalue weighted by Crippen LogP contribution is -2.39. The summed E-state index contributed by atoms with van der Waals surface area (Å²) in [7, 11) is 1.92. The van der Waals surface area contributed by atoms with E-state index in [1.54, 1.807) is 18.1 Å². The molecular weight excluding hydrogens is 322 g/mol. The predicted octanol–water partition coefficient (Wildman–Crippen LogP) is 2.89. The van der Waals surface area contributed by atoms with Crippen LogP contribution in [0.5, 0.6) is 0 Å². The normalized spacial score (nSPS) is 17.3. The number of aromatic nitrogens is 3. The van der Waals surface area contributed by atoms with Gasteiger partial charge < -0.3 is 14.8 Å². The van der Waals surface area contributed by atoms with E-state index in [2.05, 4.69) is 46.9 Å². The lowest BCUT2D eigenvalue weighted by Gasteiger charge is -2.24. The van der Waals surface area contributed by atoms with Crippen LogP contribution in [0.2, 0.25) is 0 Å². The van der Waals surface area contributed by atoms with Crippen LogP contribution in [0.3, 0.4) is 0 Å². The highest BCUT2D eigenvalue weighted by Gasteiger charge is 2.32. The number of amides is 2. The Kier molecular flexibility index (Phi) is 5.08. The molecule has 1 fully saturated rings. The maximum atomic E-state index is 12.6. The second-order valence-electron chi connectivity index (χ2n) is 6.11. The highest BCUT2D eigenvalue weighted by atomic mass is 32.2. The molecule has 1 N–H and O–H groups in total. The van der Waals surface area contributed by atoms with Gasteiger partial charge >= 0.3 is 6.03 Å². The van der Waals surface area contributed by atoms with Crippen LogP contribution in [-0.4, -0.2) is 38.5 Å². The fourth-order valence-corrected chi connectivity index (χ4v) is 3.79. The standard InChI is InChI=1S/C17H23N5OS/c1-12-9-13(6-7-15(12)24-3)10-18-17(23)22-8-4-5-14(22)16-20-19-11-21(16)2/h6-7,9,11,14H,4-5,8,10H2,1-3H3,(H,18,23)/t14-/m0/s1. The van der Waals surface area contributed by atoms with Crippen LogP contribution >= 0.6 is 11.8 Å². The van der Waals surface area contributed by atoms with Gasteiger partial charge in [0, 0.05) is 25.0 Å². The third-order valence-electron chi connectivity index (χ3n) is 4.46. The lowest BCUT2D eigenvalue weighted by atomic mass is 10.1. The number of thioether (sulfide) groups is 1. The van der Waals surface area contributed by atoms with Gasteiger partial charge in [0.15, 0.2) is 5.82 Å². The Labute approximate surface area is 146 Å². The van der Waals surface area contributed by atoms with Gasteiger partial charge in [-0.3, -0.25) is 0 Å².